The molecule has 0 spiro atoms. The van der Waals surface area contributed by atoms with Gasteiger partial charge in [-0.2, -0.15) is 0 Å². The maximum atomic E-state index is 13.5. The second kappa shape index (κ2) is 9.74. The van der Waals surface area contributed by atoms with E-state index in [1.807, 2.05) is 72.8 Å². The van der Waals surface area contributed by atoms with E-state index >= 15 is 0 Å². The lowest BCUT2D eigenvalue weighted by Crippen LogP contribution is -2.28. The molecule has 6 rings (SSSR count). The Balaban J connectivity index is 1.20. The molecule has 5 aromatic rings. The number of imidazole rings is 1. The van der Waals surface area contributed by atoms with Gasteiger partial charge in [0.1, 0.15) is 12.4 Å². The Morgan fingerprint density at radius 1 is 0.784 bits per heavy atom. The van der Waals surface area contributed by atoms with Crippen molar-refractivity contribution in [3.05, 3.63) is 114 Å². The van der Waals surface area contributed by atoms with Crippen LogP contribution in [-0.2, 0) is 22.4 Å². The first-order valence-electron chi connectivity index (χ1n) is 12.4. The van der Waals surface area contributed by atoms with Crippen LogP contribution in [0.2, 0.25) is 0 Å². The number of nitrogens with zero attached hydrogens (tertiary/aromatic N) is 2. The lowest BCUT2D eigenvalue weighted by molar-refractivity contribution is -0.118. The van der Waals surface area contributed by atoms with Crippen molar-refractivity contribution in [3.8, 4) is 11.4 Å². The third-order valence-electron chi connectivity index (χ3n) is 6.72. The van der Waals surface area contributed by atoms with Gasteiger partial charge in [-0.3, -0.25) is 9.69 Å². The van der Waals surface area contributed by atoms with Gasteiger partial charge in [0.2, 0.25) is 5.91 Å². The second-order valence-electron chi connectivity index (χ2n) is 9.02. The van der Waals surface area contributed by atoms with E-state index < -0.39 is 5.97 Å². The number of nitrogens with one attached hydrogen (secondary N) is 1. The summed E-state index contributed by atoms with van der Waals surface area (Å²) < 4.78 is 5.60. The maximum absolute atomic E-state index is 13.5. The summed E-state index contributed by atoms with van der Waals surface area (Å²) in [5.41, 5.74) is 6.81. The van der Waals surface area contributed by atoms with Crippen LogP contribution in [0.5, 0.6) is 0 Å². The highest BCUT2D eigenvalue weighted by molar-refractivity contribution is 6.02. The molecule has 0 bridgehead atoms. The number of benzene rings is 4. The normalized spacial score (nSPS) is 12.5. The molecule has 0 radical (unpaired) electrons. The molecule has 182 valence electrons. The minimum absolute atomic E-state index is 0.0209. The third-order valence-corrected chi connectivity index (χ3v) is 6.72. The zero-order chi connectivity index (χ0) is 25.2. The van der Waals surface area contributed by atoms with E-state index in [0.29, 0.717) is 17.0 Å². The van der Waals surface area contributed by atoms with Gasteiger partial charge in [0, 0.05) is 5.56 Å². The Hall–Kier alpha value is -4.71. The molecule has 0 unspecified atom stereocenters. The molecule has 4 aromatic carbocycles. The van der Waals surface area contributed by atoms with E-state index in [0.717, 1.165) is 46.4 Å². The van der Waals surface area contributed by atoms with E-state index in [1.165, 1.54) is 0 Å². The zero-order valence-corrected chi connectivity index (χ0v) is 20.2. The highest BCUT2D eigenvalue weighted by Crippen LogP contribution is 2.36. The van der Waals surface area contributed by atoms with Gasteiger partial charge in [0.05, 0.1) is 34.4 Å². The smallest absolute Gasteiger partial charge is 0.338 e. The minimum atomic E-state index is -0.486. The summed E-state index contributed by atoms with van der Waals surface area (Å²) in [6.45, 7) is -0.0209. The monoisotopic (exact) mass is 487 g/mol. The summed E-state index contributed by atoms with van der Waals surface area (Å²) >= 11 is 0. The van der Waals surface area contributed by atoms with Crippen molar-refractivity contribution >= 4 is 34.3 Å². The van der Waals surface area contributed by atoms with Crippen molar-refractivity contribution in [2.45, 2.75) is 19.3 Å². The number of anilines is 2. The van der Waals surface area contributed by atoms with Crippen LogP contribution in [0, 0.1) is 0 Å². The number of fused-ring (bicyclic) bond motifs is 3. The number of carbonyl (C=O) groups is 2. The Bertz CT molecular complexity index is 1540. The molecular weight excluding hydrogens is 462 g/mol. The number of hydrogen-bond acceptors (Lipinski definition) is 4. The zero-order valence-electron chi connectivity index (χ0n) is 20.2. The number of aromatic amines is 1. The fourth-order valence-electron chi connectivity index (χ4n) is 4.92. The first kappa shape index (κ1) is 22.7. The average Bonchev–Trinajstić information content (AvgIpc) is 3.30. The van der Waals surface area contributed by atoms with E-state index in [1.54, 1.807) is 17.0 Å². The van der Waals surface area contributed by atoms with Crippen LogP contribution in [0.4, 0.5) is 11.4 Å². The molecule has 1 aromatic heterocycles. The number of para-hydroxylation sites is 4. The van der Waals surface area contributed by atoms with E-state index in [9.17, 15) is 9.59 Å². The van der Waals surface area contributed by atoms with Gasteiger partial charge >= 0.3 is 5.97 Å². The molecule has 0 aliphatic carbocycles. The molecule has 6 nitrogen and oxygen atoms in total. The topological polar surface area (TPSA) is 75.3 Å². The molecule has 1 aliphatic heterocycles. The Morgan fingerprint density at radius 3 is 2.14 bits per heavy atom. The van der Waals surface area contributed by atoms with Gasteiger partial charge < -0.3 is 9.72 Å². The SMILES string of the molecule is O=C(OCCC(=O)N1c2ccccc2CCc2ccccc21)c1ccccc1-c1nc2ccccc2[nH]1. The van der Waals surface area contributed by atoms with Crippen molar-refractivity contribution < 1.29 is 14.3 Å². The van der Waals surface area contributed by atoms with Crippen molar-refractivity contribution in [2.75, 3.05) is 11.5 Å². The van der Waals surface area contributed by atoms with Crippen LogP contribution in [-0.4, -0.2) is 28.5 Å². The Labute approximate surface area is 214 Å². The standard InChI is InChI=1S/C31H25N3O3/c35-29(34-27-15-7-1-9-21(27)17-18-22-10-2-8-16-28(22)34)19-20-37-31(36)24-12-4-3-11-23(24)30-32-25-13-5-6-14-26(25)33-30/h1-16H,17-20H2,(H,32,33). The minimum Gasteiger partial charge on any atom is -0.462 e. The average molecular weight is 488 g/mol. The second-order valence-corrected chi connectivity index (χ2v) is 9.02. The molecule has 0 fully saturated rings. The van der Waals surface area contributed by atoms with Crippen molar-refractivity contribution in [1.82, 2.24) is 9.97 Å². The Morgan fingerprint density at radius 2 is 1.41 bits per heavy atom. The van der Waals surface area contributed by atoms with Gasteiger partial charge in [-0.05, 0) is 54.3 Å². The molecule has 0 saturated heterocycles. The number of aromatic nitrogens is 2. The molecule has 37 heavy (non-hydrogen) atoms. The quantitative estimate of drug-likeness (QED) is 0.298. The lowest BCUT2D eigenvalue weighted by Gasteiger charge is -2.25. The van der Waals surface area contributed by atoms with Gasteiger partial charge in [-0.25, -0.2) is 9.78 Å². The largest absolute Gasteiger partial charge is 0.462 e. The molecular formula is C31H25N3O3. The van der Waals surface area contributed by atoms with Crippen LogP contribution in [0.15, 0.2) is 97.1 Å². The summed E-state index contributed by atoms with van der Waals surface area (Å²) in [6.07, 6.45) is 1.80. The molecule has 6 heteroatoms. The summed E-state index contributed by atoms with van der Waals surface area (Å²) in [5, 5.41) is 0. The molecule has 1 N–H and O–H groups in total. The van der Waals surface area contributed by atoms with Crippen LogP contribution in [0.25, 0.3) is 22.4 Å². The number of carbonyl (C=O) groups excluding carboxylic acids is 2. The molecule has 1 amide bonds. The molecule has 1 aliphatic rings. The first-order chi connectivity index (χ1) is 18.2. The predicted molar refractivity (Wildman–Crippen MR) is 144 cm³/mol. The lowest BCUT2D eigenvalue weighted by atomic mass is 10.0. The van der Waals surface area contributed by atoms with Crippen LogP contribution in [0.1, 0.15) is 27.9 Å². The summed E-state index contributed by atoms with van der Waals surface area (Å²) in [5.74, 6) is 0.00305. The summed E-state index contributed by atoms with van der Waals surface area (Å²) in [4.78, 5) is 36.2. The van der Waals surface area contributed by atoms with E-state index in [-0.39, 0.29) is 18.9 Å². The third kappa shape index (κ3) is 4.38. The van der Waals surface area contributed by atoms with Crippen molar-refractivity contribution in [2.24, 2.45) is 0 Å². The predicted octanol–water partition coefficient (Wildman–Crippen LogP) is 6.24. The first-order valence-corrected chi connectivity index (χ1v) is 12.4. The highest BCUT2D eigenvalue weighted by atomic mass is 16.5. The van der Waals surface area contributed by atoms with Gasteiger partial charge in [-0.15, -0.1) is 0 Å². The fraction of sp³-hybridized carbons (Fsp3) is 0.129. The number of hydrogen-bond donors (Lipinski definition) is 1. The van der Waals surface area contributed by atoms with E-state index in [4.69, 9.17) is 4.74 Å². The molecule has 0 atom stereocenters. The van der Waals surface area contributed by atoms with Crippen LogP contribution < -0.4 is 4.90 Å². The van der Waals surface area contributed by atoms with E-state index in [2.05, 4.69) is 22.1 Å². The number of esters is 1. The number of amides is 1. The number of rotatable bonds is 5. The van der Waals surface area contributed by atoms with Crippen molar-refractivity contribution in [3.63, 3.8) is 0 Å². The summed E-state index contributed by atoms with van der Waals surface area (Å²) in [7, 11) is 0. The fourth-order valence-corrected chi connectivity index (χ4v) is 4.92. The molecule has 0 saturated carbocycles. The van der Waals surface area contributed by atoms with Crippen molar-refractivity contribution in [1.29, 1.82) is 0 Å². The van der Waals surface area contributed by atoms with Gasteiger partial charge in [0.25, 0.3) is 0 Å². The van der Waals surface area contributed by atoms with Gasteiger partial charge in [-0.1, -0.05) is 66.7 Å². The van der Waals surface area contributed by atoms with Crippen LogP contribution >= 0.6 is 0 Å². The van der Waals surface area contributed by atoms with Gasteiger partial charge in [0.15, 0.2) is 0 Å². The van der Waals surface area contributed by atoms with Crippen LogP contribution in [0.3, 0.4) is 0 Å². The molecule has 2 heterocycles. The number of H-pyrrole nitrogens is 1. The number of aryl methyl sites for hydroxylation is 2. The Kier molecular flexibility index (Phi) is 5.98. The summed E-state index contributed by atoms with van der Waals surface area (Å²) in [6, 6.07) is 30.9. The number of ether oxygens (including phenoxy) is 1. The maximum Gasteiger partial charge on any atom is 0.338 e. The highest BCUT2D eigenvalue weighted by Gasteiger charge is 2.26.